The second kappa shape index (κ2) is 16.1. The van der Waals surface area contributed by atoms with Crippen LogP contribution in [-0.2, 0) is 38.2 Å². The molecular formula is C46H63NaO14. The van der Waals surface area contributed by atoms with Gasteiger partial charge in [-0.2, -0.15) is 0 Å². The molecule has 2 unspecified atom stereocenters. The molecule has 6 N–H and O–H groups in total. The molecule has 0 bridgehead atoms. The third-order valence-electron chi connectivity index (χ3n) is 18.5. The van der Waals surface area contributed by atoms with Crippen molar-refractivity contribution < 1.29 is 68.9 Å². The molecule has 0 aromatic carbocycles. The quantitative estimate of drug-likeness (QED) is 0.143. The van der Waals surface area contributed by atoms with E-state index in [-0.39, 0.29) is 116 Å². The van der Waals surface area contributed by atoms with E-state index in [1.807, 2.05) is 27.7 Å². The van der Waals surface area contributed by atoms with Gasteiger partial charge >= 0.3 is 41.5 Å². The van der Waals surface area contributed by atoms with Gasteiger partial charge in [0.15, 0.2) is 23.1 Å². The van der Waals surface area contributed by atoms with E-state index in [0.717, 1.165) is 11.1 Å². The van der Waals surface area contributed by atoms with Gasteiger partial charge in [-0.15, -0.1) is 0 Å². The number of esters is 2. The fraction of sp³-hybridized carbons (Fsp3) is 0.783. The van der Waals surface area contributed by atoms with Crippen LogP contribution in [0.25, 0.3) is 0 Å². The first-order valence-corrected chi connectivity index (χ1v) is 22.1. The Kier molecular flexibility index (Phi) is 12.3. The maximum atomic E-state index is 13.7. The number of ether oxygens (including phenoxy) is 2. The summed E-state index contributed by atoms with van der Waals surface area (Å²) in [7, 11) is 0. The fourth-order valence-corrected chi connectivity index (χ4v) is 15.6. The molecule has 0 saturated heterocycles. The predicted octanol–water partition coefficient (Wildman–Crippen LogP) is 1.75. The normalized spacial score (nSPS) is 47.1. The van der Waals surface area contributed by atoms with Crippen LogP contribution in [0.5, 0.6) is 0 Å². The second-order valence-corrected chi connectivity index (χ2v) is 20.7. The molecule has 6 fully saturated rings. The van der Waals surface area contributed by atoms with Crippen LogP contribution in [0.15, 0.2) is 23.3 Å². The van der Waals surface area contributed by atoms with Crippen molar-refractivity contribution in [1.29, 1.82) is 0 Å². The summed E-state index contributed by atoms with van der Waals surface area (Å²) in [4.78, 5) is 79.2. The van der Waals surface area contributed by atoms with Gasteiger partial charge in [0.2, 0.25) is 0 Å². The Labute approximate surface area is 378 Å². The van der Waals surface area contributed by atoms with Crippen LogP contribution in [0.2, 0.25) is 0 Å². The SMILES string of the molecule is C[C@]12C[C@H](O)[C@H]3[C@@H](CCC4=CC(=O)CC(OC(=O)CCC(=O)OC5CC(=O)C=C6CC[C@@H]7[C@H]([C@@H](O)C[C@@]8(C)[C@H]7CC[C@]8(O)C(=O)CO)[C@]65C)[C@@]43C)[C@@H]1CC[C@]2(O)C(=O)CO.[NaH]. The van der Waals surface area contributed by atoms with Crippen LogP contribution >= 0.6 is 0 Å². The standard InChI is InChI=1S/C46H62O14.Na.H/c1-41-19-31(51)39-27(29(41)11-13-45(41,57)33(53)21-47)7-5-23-15-25(49)17-35(43(23,39)3)59-37(55)9-10-38(56)60-36-18-26(50)16-24-6-8-28-30-12-14-46(58,34(54)22-48)42(30,2)20-32(52)40(28)44(24,36)4;;/h15-16,27-32,35-36,39-40,47-48,51-52,57-58H,5-14,17-22H2,1-4H3;;/t27-,28-,29-,30-,31-,32-,35?,36?,39+,40+,41-,42-,43+,44+,45-,46-;;/m0../s1. The molecule has 15 heteroatoms. The van der Waals surface area contributed by atoms with Crippen molar-refractivity contribution >= 4 is 64.6 Å². The predicted molar refractivity (Wildman–Crippen MR) is 217 cm³/mol. The monoisotopic (exact) mass is 862 g/mol. The molecule has 0 aromatic heterocycles. The summed E-state index contributed by atoms with van der Waals surface area (Å²) in [5, 5.41) is 66.5. The second-order valence-electron chi connectivity index (χ2n) is 20.7. The van der Waals surface area contributed by atoms with E-state index in [9.17, 15) is 59.4 Å². The van der Waals surface area contributed by atoms with Gasteiger partial charge in [0.25, 0.3) is 0 Å². The summed E-state index contributed by atoms with van der Waals surface area (Å²) < 4.78 is 12.2. The Hall–Kier alpha value is -2.14. The van der Waals surface area contributed by atoms with Gasteiger partial charge in [-0.3, -0.25) is 28.8 Å². The number of ketones is 4. The van der Waals surface area contributed by atoms with Gasteiger partial charge in [0.1, 0.15) is 36.6 Å². The molecule has 332 valence electrons. The third kappa shape index (κ3) is 6.64. The first kappa shape index (κ1) is 46.8. The van der Waals surface area contributed by atoms with E-state index in [1.54, 1.807) is 12.2 Å². The van der Waals surface area contributed by atoms with Crippen LogP contribution in [0, 0.1) is 57.2 Å². The van der Waals surface area contributed by atoms with Crippen molar-refractivity contribution in [2.24, 2.45) is 57.2 Å². The minimum absolute atomic E-state index is 0. The van der Waals surface area contributed by atoms with Crippen LogP contribution in [0.3, 0.4) is 0 Å². The van der Waals surface area contributed by atoms with Crippen molar-refractivity contribution in [3.63, 3.8) is 0 Å². The molecule has 0 spiro atoms. The summed E-state index contributed by atoms with van der Waals surface area (Å²) in [6.45, 7) is 5.83. The molecule has 8 aliphatic carbocycles. The summed E-state index contributed by atoms with van der Waals surface area (Å²) in [6.07, 6.45) is 2.07. The van der Waals surface area contributed by atoms with E-state index in [1.165, 1.54) is 0 Å². The molecule has 0 amide bonds. The van der Waals surface area contributed by atoms with Gasteiger partial charge in [-0.05, 0) is 100 Å². The average Bonchev–Trinajstić information content (AvgIpc) is 3.62. The number of Topliss-reactive ketones (excluding diaryl/α,β-unsaturated/α-hetero) is 2. The molecule has 0 aliphatic heterocycles. The third-order valence-corrected chi connectivity index (χ3v) is 18.5. The van der Waals surface area contributed by atoms with E-state index in [2.05, 4.69) is 0 Å². The Morgan fingerprint density at radius 3 is 1.34 bits per heavy atom. The van der Waals surface area contributed by atoms with Gasteiger partial charge < -0.3 is 40.1 Å². The van der Waals surface area contributed by atoms with Crippen LogP contribution in [-0.4, -0.2) is 144 Å². The molecule has 8 rings (SSSR count). The van der Waals surface area contributed by atoms with E-state index >= 15 is 0 Å². The summed E-state index contributed by atoms with van der Waals surface area (Å²) in [5.74, 6) is -4.76. The molecule has 0 heterocycles. The maximum absolute atomic E-state index is 13.7. The van der Waals surface area contributed by atoms with Crippen molar-refractivity contribution in [1.82, 2.24) is 0 Å². The van der Waals surface area contributed by atoms with Gasteiger partial charge in [-0.1, -0.05) is 38.8 Å². The van der Waals surface area contributed by atoms with Crippen molar-refractivity contribution in [3.8, 4) is 0 Å². The van der Waals surface area contributed by atoms with Crippen molar-refractivity contribution in [2.45, 2.75) is 153 Å². The number of aliphatic hydroxyl groups is 6. The Morgan fingerprint density at radius 2 is 1.00 bits per heavy atom. The van der Waals surface area contributed by atoms with E-state index in [4.69, 9.17) is 9.47 Å². The molecule has 0 aromatic rings. The van der Waals surface area contributed by atoms with Gasteiger partial charge in [0, 0.05) is 46.3 Å². The number of aliphatic hydroxyl groups excluding tert-OH is 4. The van der Waals surface area contributed by atoms with Gasteiger partial charge in [0.05, 0.1) is 25.0 Å². The number of hydrogen-bond donors (Lipinski definition) is 6. The zero-order valence-electron chi connectivity index (χ0n) is 35.2. The Bertz CT molecular complexity index is 1810. The van der Waals surface area contributed by atoms with Crippen molar-refractivity contribution in [3.05, 3.63) is 23.3 Å². The topological polar surface area (TPSA) is 242 Å². The summed E-state index contributed by atoms with van der Waals surface area (Å²) >= 11 is 0. The van der Waals surface area contributed by atoms with E-state index in [0.29, 0.717) is 38.5 Å². The molecule has 16 atom stereocenters. The van der Waals surface area contributed by atoms with Gasteiger partial charge in [-0.25, -0.2) is 0 Å². The van der Waals surface area contributed by atoms with E-state index < -0.39 is 106 Å². The number of fused-ring (bicyclic) bond motifs is 10. The summed E-state index contributed by atoms with van der Waals surface area (Å²) in [6, 6.07) is 0. The summed E-state index contributed by atoms with van der Waals surface area (Å²) in [5.41, 5.74) is -5.84. The average molecular weight is 863 g/mol. The Morgan fingerprint density at radius 1 is 0.639 bits per heavy atom. The molecule has 61 heavy (non-hydrogen) atoms. The molecule has 0 radical (unpaired) electrons. The zero-order chi connectivity index (χ0) is 43.5. The van der Waals surface area contributed by atoms with Crippen LogP contribution in [0.1, 0.15) is 118 Å². The molecular weight excluding hydrogens is 799 g/mol. The zero-order valence-corrected chi connectivity index (χ0v) is 35.2. The van der Waals surface area contributed by atoms with Crippen molar-refractivity contribution in [2.75, 3.05) is 13.2 Å². The molecule has 6 saturated carbocycles. The van der Waals surface area contributed by atoms with Crippen LogP contribution in [0.4, 0.5) is 0 Å². The number of carbonyl (C=O) groups is 6. The first-order valence-electron chi connectivity index (χ1n) is 22.1. The number of hydrogen-bond acceptors (Lipinski definition) is 14. The van der Waals surface area contributed by atoms with Crippen LogP contribution < -0.4 is 0 Å². The Balaban J connectivity index is 0.00000561. The fourth-order valence-electron chi connectivity index (χ4n) is 15.6. The first-order chi connectivity index (χ1) is 28.1. The number of carbonyl (C=O) groups excluding carboxylic acids is 6. The molecule has 14 nitrogen and oxygen atoms in total. The minimum atomic E-state index is -1.78. The molecule has 8 aliphatic rings. The number of rotatable bonds is 9.